The Morgan fingerprint density at radius 1 is 0.786 bits per heavy atom. The van der Waals surface area contributed by atoms with Crippen molar-refractivity contribution in [3.8, 4) is 5.69 Å². The van der Waals surface area contributed by atoms with E-state index in [1.165, 1.54) is 6.42 Å². The minimum Gasteiger partial charge on any atom is -0.339 e. The van der Waals surface area contributed by atoms with E-state index in [0.717, 1.165) is 31.6 Å². The van der Waals surface area contributed by atoms with Crippen LogP contribution in [0.3, 0.4) is 0 Å². The zero-order valence-corrected chi connectivity index (χ0v) is 15.7. The van der Waals surface area contributed by atoms with Gasteiger partial charge in [-0.15, -0.1) is 0 Å². The van der Waals surface area contributed by atoms with Crippen LogP contribution in [0.25, 0.3) is 5.69 Å². The summed E-state index contributed by atoms with van der Waals surface area (Å²) in [5, 5.41) is 2.91. The molecular weight excluding hydrogens is 350 g/mol. The summed E-state index contributed by atoms with van der Waals surface area (Å²) in [4.78, 5) is 27.5. The molecule has 5 nitrogen and oxygen atoms in total. The summed E-state index contributed by atoms with van der Waals surface area (Å²) >= 11 is 0. The molecule has 0 spiro atoms. The monoisotopic (exact) mass is 373 g/mol. The number of aromatic nitrogens is 1. The third-order valence-corrected chi connectivity index (χ3v) is 5.08. The van der Waals surface area contributed by atoms with Gasteiger partial charge in [-0.1, -0.05) is 12.1 Å². The fraction of sp³-hybridized carbons (Fsp3) is 0.217. The molecule has 28 heavy (non-hydrogen) atoms. The first-order valence-corrected chi connectivity index (χ1v) is 9.65. The molecule has 1 aromatic heterocycles. The van der Waals surface area contributed by atoms with Crippen LogP contribution in [-0.2, 0) is 0 Å². The number of anilines is 1. The van der Waals surface area contributed by atoms with Gasteiger partial charge in [-0.3, -0.25) is 9.59 Å². The van der Waals surface area contributed by atoms with Crippen molar-refractivity contribution in [3.63, 3.8) is 0 Å². The van der Waals surface area contributed by atoms with E-state index in [1.807, 2.05) is 58.3 Å². The van der Waals surface area contributed by atoms with Gasteiger partial charge in [0.25, 0.3) is 11.8 Å². The number of piperidine rings is 1. The maximum Gasteiger partial charge on any atom is 0.255 e. The Morgan fingerprint density at radius 3 is 2.18 bits per heavy atom. The molecule has 1 saturated heterocycles. The van der Waals surface area contributed by atoms with Gasteiger partial charge in [0.2, 0.25) is 0 Å². The van der Waals surface area contributed by atoms with Gasteiger partial charge in [0, 0.05) is 36.7 Å². The lowest BCUT2D eigenvalue weighted by Gasteiger charge is -2.27. The summed E-state index contributed by atoms with van der Waals surface area (Å²) < 4.78 is 1.98. The molecule has 0 saturated carbocycles. The summed E-state index contributed by atoms with van der Waals surface area (Å²) in [7, 11) is 0. The van der Waals surface area contributed by atoms with Gasteiger partial charge in [-0.05, 0) is 67.8 Å². The fourth-order valence-electron chi connectivity index (χ4n) is 3.53. The Kier molecular flexibility index (Phi) is 5.24. The molecular formula is C23H23N3O2. The van der Waals surface area contributed by atoms with Crippen molar-refractivity contribution < 1.29 is 9.59 Å². The normalized spacial score (nSPS) is 13.9. The molecule has 0 unspecified atom stereocenters. The van der Waals surface area contributed by atoms with Gasteiger partial charge in [0.1, 0.15) is 0 Å². The Labute approximate surface area is 164 Å². The first-order chi connectivity index (χ1) is 13.7. The number of amides is 2. The lowest BCUT2D eigenvalue weighted by atomic mass is 10.1. The molecule has 142 valence electrons. The van der Waals surface area contributed by atoms with Crippen LogP contribution in [0.4, 0.5) is 5.69 Å². The molecule has 2 aromatic carbocycles. The molecule has 4 rings (SSSR count). The standard InChI is InChI=1S/C23H23N3O2/c27-22(18-10-12-19(13-11-18)25-14-6-7-15-25)24-21-9-3-2-8-20(21)23(28)26-16-4-1-5-17-26/h2-3,6-15H,1,4-5,16-17H2,(H,24,27). The first kappa shape index (κ1) is 18.0. The van der Waals surface area contributed by atoms with Gasteiger partial charge < -0.3 is 14.8 Å². The Morgan fingerprint density at radius 2 is 1.46 bits per heavy atom. The van der Waals surface area contributed by atoms with Gasteiger partial charge in [0.05, 0.1) is 11.3 Å². The van der Waals surface area contributed by atoms with Crippen LogP contribution < -0.4 is 5.32 Å². The van der Waals surface area contributed by atoms with Crippen LogP contribution in [0.15, 0.2) is 73.1 Å². The van der Waals surface area contributed by atoms with E-state index < -0.39 is 0 Å². The highest BCUT2D eigenvalue weighted by molar-refractivity contribution is 6.09. The second kappa shape index (κ2) is 8.13. The Balaban J connectivity index is 1.51. The molecule has 2 heterocycles. The number of hydrogen-bond acceptors (Lipinski definition) is 2. The van der Waals surface area contributed by atoms with Gasteiger partial charge >= 0.3 is 0 Å². The number of carbonyl (C=O) groups is 2. The number of nitrogens with one attached hydrogen (secondary N) is 1. The largest absolute Gasteiger partial charge is 0.339 e. The molecule has 2 amide bonds. The number of hydrogen-bond donors (Lipinski definition) is 1. The van der Waals surface area contributed by atoms with Crippen molar-refractivity contribution in [1.29, 1.82) is 0 Å². The van der Waals surface area contributed by atoms with E-state index in [-0.39, 0.29) is 11.8 Å². The number of benzene rings is 2. The third-order valence-electron chi connectivity index (χ3n) is 5.08. The predicted octanol–water partition coefficient (Wildman–Crippen LogP) is 4.36. The number of para-hydroxylation sites is 1. The molecule has 0 aliphatic carbocycles. The number of rotatable bonds is 4. The van der Waals surface area contributed by atoms with E-state index in [4.69, 9.17) is 0 Å². The van der Waals surface area contributed by atoms with Crippen LogP contribution >= 0.6 is 0 Å². The summed E-state index contributed by atoms with van der Waals surface area (Å²) in [6.07, 6.45) is 7.15. The fourth-order valence-corrected chi connectivity index (χ4v) is 3.53. The van der Waals surface area contributed by atoms with Crippen molar-refractivity contribution >= 4 is 17.5 Å². The van der Waals surface area contributed by atoms with Gasteiger partial charge in [-0.25, -0.2) is 0 Å². The third kappa shape index (κ3) is 3.83. The van der Waals surface area contributed by atoms with Gasteiger partial charge in [-0.2, -0.15) is 0 Å². The summed E-state index contributed by atoms with van der Waals surface area (Å²) in [6, 6.07) is 18.5. The number of carbonyl (C=O) groups excluding carboxylic acids is 2. The molecule has 1 N–H and O–H groups in total. The van der Waals surface area contributed by atoms with E-state index in [1.54, 1.807) is 24.3 Å². The summed E-state index contributed by atoms with van der Waals surface area (Å²) in [5.74, 6) is -0.239. The van der Waals surface area contributed by atoms with Crippen LogP contribution in [-0.4, -0.2) is 34.4 Å². The van der Waals surface area contributed by atoms with Crippen molar-refractivity contribution in [3.05, 3.63) is 84.2 Å². The van der Waals surface area contributed by atoms with E-state index in [9.17, 15) is 9.59 Å². The van der Waals surface area contributed by atoms with E-state index in [2.05, 4.69) is 5.32 Å². The average Bonchev–Trinajstić information content (AvgIpc) is 3.29. The molecule has 0 bridgehead atoms. The summed E-state index contributed by atoms with van der Waals surface area (Å²) in [6.45, 7) is 1.56. The van der Waals surface area contributed by atoms with Crippen molar-refractivity contribution in [2.75, 3.05) is 18.4 Å². The molecule has 1 aliphatic heterocycles. The van der Waals surface area contributed by atoms with Crippen LogP contribution in [0, 0.1) is 0 Å². The highest BCUT2D eigenvalue weighted by atomic mass is 16.2. The minimum absolute atomic E-state index is 0.0152. The maximum atomic E-state index is 12.9. The number of likely N-dealkylation sites (tertiary alicyclic amines) is 1. The molecule has 0 radical (unpaired) electrons. The average molecular weight is 373 g/mol. The topological polar surface area (TPSA) is 54.3 Å². The molecule has 1 aliphatic rings. The molecule has 5 heteroatoms. The minimum atomic E-state index is -0.224. The van der Waals surface area contributed by atoms with E-state index in [0.29, 0.717) is 16.8 Å². The zero-order chi connectivity index (χ0) is 19.3. The first-order valence-electron chi connectivity index (χ1n) is 9.65. The van der Waals surface area contributed by atoms with E-state index >= 15 is 0 Å². The Hall–Kier alpha value is -3.34. The second-order valence-electron chi connectivity index (χ2n) is 6.99. The molecule has 0 atom stereocenters. The highest BCUT2D eigenvalue weighted by Gasteiger charge is 2.21. The van der Waals surface area contributed by atoms with Crippen LogP contribution in [0.2, 0.25) is 0 Å². The highest BCUT2D eigenvalue weighted by Crippen LogP contribution is 2.21. The quantitative estimate of drug-likeness (QED) is 0.739. The molecule has 3 aromatic rings. The predicted molar refractivity (Wildman–Crippen MR) is 110 cm³/mol. The number of nitrogens with zero attached hydrogens (tertiary/aromatic N) is 2. The summed E-state index contributed by atoms with van der Waals surface area (Å²) in [5.41, 5.74) is 2.64. The Bertz CT molecular complexity index is 956. The maximum absolute atomic E-state index is 12.9. The lowest BCUT2D eigenvalue weighted by molar-refractivity contribution is 0.0725. The lowest BCUT2D eigenvalue weighted by Crippen LogP contribution is -2.36. The van der Waals surface area contributed by atoms with Crippen molar-refractivity contribution in [1.82, 2.24) is 9.47 Å². The second-order valence-corrected chi connectivity index (χ2v) is 6.99. The van der Waals surface area contributed by atoms with Crippen LogP contribution in [0.1, 0.15) is 40.0 Å². The van der Waals surface area contributed by atoms with Gasteiger partial charge in [0.15, 0.2) is 0 Å². The zero-order valence-electron chi connectivity index (χ0n) is 15.7. The molecule has 1 fully saturated rings. The smallest absolute Gasteiger partial charge is 0.255 e. The SMILES string of the molecule is O=C(Nc1ccccc1C(=O)N1CCCCC1)c1ccc(-n2cccc2)cc1. The van der Waals surface area contributed by atoms with Crippen LogP contribution in [0.5, 0.6) is 0 Å². The van der Waals surface area contributed by atoms with Crippen molar-refractivity contribution in [2.45, 2.75) is 19.3 Å². The van der Waals surface area contributed by atoms with Crippen molar-refractivity contribution in [2.24, 2.45) is 0 Å².